The van der Waals surface area contributed by atoms with Crippen molar-refractivity contribution in [3.05, 3.63) is 53.3 Å². The molecule has 4 rings (SSSR count). The van der Waals surface area contributed by atoms with Gasteiger partial charge in [0.1, 0.15) is 19.0 Å². The molecule has 1 aliphatic heterocycles. The van der Waals surface area contributed by atoms with Gasteiger partial charge in [-0.2, -0.15) is 0 Å². The average Bonchev–Trinajstić information content (AvgIpc) is 3.53. The predicted molar refractivity (Wildman–Crippen MR) is 102 cm³/mol. The lowest BCUT2D eigenvalue weighted by Crippen LogP contribution is -2.34. The van der Waals surface area contributed by atoms with Gasteiger partial charge in [0.25, 0.3) is 0 Å². The van der Waals surface area contributed by atoms with E-state index in [0.29, 0.717) is 36.1 Å². The van der Waals surface area contributed by atoms with E-state index < -0.39 is 0 Å². The molecule has 1 fully saturated rings. The van der Waals surface area contributed by atoms with E-state index in [0.717, 1.165) is 24.2 Å². The van der Waals surface area contributed by atoms with Gasteiger partial charge >= 0.3 is 6.03 Å². The van der Waals surface area contributed by atoms with Crippen LogP contribution in [-0.4, -0.2) is 26.4 Å². The molecule has 1 heterocycles. The summed E-state index contributed by atoms with van der Waals surface area (Å²) in [6, 6.07) is 9.54. The highest BCUT2D eigenvalue weighted by Gasteiger charge is 2.34. The first-order chi connectivity index (χ1) is 13.6. The number of amides is 2. The van der Waals surface area contributed by atoms with Crippen molar-refractivity contribution < 1.29 is 23.4 Å². The maximum atomic E-state index is 13.5. The van der Waals surface area contributed by atoms with E-state index in [1.165, 1.54) is 19.2 Å². The van der Waals surface area contributed by atoms with E-state index in [-0.39, 0.29) is 24.5 Å². The molecule has 2 aromatic carbocycles. The highest BCUT2D eigenvalue weighted by Crippen LogP contribution is 2.43. The van der Waals surface area contributed by atoms with Crippen molar-refractivity contribution in [2.75, 3.05) is 25.6 Å². The van der Waals surface area contributed by atoms with Gasteiger partial charge in [0.15, 0.2) is 11.5 Å². The fourth-order valence-electron chi connectivity index (χ4n) is 3.42. The average molecular weight is 386 g/mol. The first kappa shape index (κ1) is 18.6. The fourth-order valence-corrected chi connectivity index (χ4v) is 3.42. The molecule has 2 amide bonds. The van der Waals surface area contributed by atoms with Gasteiger partial charge in [-0.15, -0.1) is 0 Å². The summed E-state index contributed by atoms with van der Waals surface area (Å²) in [4.78, 5) is 12.6. The second kappa shape index (κ2) is 8.06. The standard InChI is InChI=1S/C21H23FN2O4/c1-26-12-15-10-16(22)5-6-17(15)23-21(25)24-20(13-2-3-13)14-4-7-18-19(11-14)28-9-8-27-18/h4-7,10-11,13,20H,2-3,8-9,12H2,1H3,(H2,23,24,25). The Balaban J connectivity index is 1.49. The molecular formula is C21H23FN2O4. The third kappa shape index (κ3) is 4.20. The molecule has 28 heavy (non-hydrogen) atoms. The molecule has 1 unspecified atom stereocenters. The second-order valence-electron chi connectivity index (χ2n) is 7.05. The molecule has 0 radical (unpaired) electrons. The van der Waals surface area contributed by atoms with E-state index in [2.05, 4.69) is 10.6 Å². The third-order valence-corrected chi connectivity index (χ3v) is 4.92. The Morgan fingerprint density at radius 1 is 1.18 bits per heavy atom. The van der Waals surface area contributed by atoms with Crippen LogP contribution in [0.3, 0.4) is 0 Å². The van der Waals surface area contributed by atoms with Crippen LogP contribution in [0.4, 0.5) is 14.9 Å². The van der Waals surface area contributed by atoms with Gasteiger partial charge in [-0.1, -0.05) is 6.07 Å². The third-order valence-electron chi connectivity index (χ3n) is 4.92. The van der Waals surface area contributed by atoms with Crippen molar-refractivity contribution in [3.8, 4) is 11.5 Å². The van der Waals surface area contributed by atoms with Crippen LogP contribution in [-0.2, 0) is 11.3 Å². The van der Waals surface area contributed by atoms with E-state index in [1.54, 1.807) is 6.07 Å². The largest absolute Gasteiger partial charge is 0.486 e. The molecule has 0 aromatic heterocycles. The normalized spacial score (nSPS) is 16.4. The summed E-state index contributed by atoms with van der Waals surface area (Å²) in [7, 11) is 1.53. The van der Waals surface area contributed by atoms with Crippen molar-refractivity contribution in [2.24, 2.45) is 5.92 Å². The maximum absolute atomic E-state index is 13.5. The van der Waals surface area contributed by atoms with Crippen molar-refractivity contribution in [1.29, 1.82) is 0 Å². The zero-order chi connectivity index (χ0) is 19.5. The number of nitrogens with one attached hydrogen (secondary N) is 2. The summed E-state index contributed by atoms with van der Waals surface area (Å²) in [6.07, 6.45) is 2.12. The summed E-state index contributed by atoms with van der Waals surface area (Å²) in [5.74, 6) is 1.45. The van der Waals surface area contributed by atoms with Crippen molar-refractivity contribution in [3.63, 3.8) is 0 Å². The van der Waals surface area contributed by atoms with E-state index >= 15 is 0 Å². The Morgan fingerprint density at radius 3 is 2.71 bits per heavy atom. The van der Waals surface area contributed by atoms with Crippen LogP contribution in [0.5, 0.6) is 11.5 Å². The first-order valence-corrected chi connectivity index (χ1v) is 9.38. The Kier molecular flexibility index (Phi) is 5.34. The Labute approximate surface area is 163 Å². The number of fused-ring (bicyclic) bond motifs is 1. The monoisotopic (exact) mass is 386 g/mol. The fraction of sp³-hybridized carbons (Fsp3) is 0.381. The highest BCUT2D eigenvalue weighted by atomic mass is 19.1. The van der Waals surface area contributed by atoms with Crippen LogP contribution >= 0.6 is 0 Å². The number of ether oxygens (including phenoxy) is 3. The number of hydrogen-bond acceptors (Lipinski definition) is 4. The molecule has 148 valence electrons. The van der Waals surface area contributed by atoms with Crippen molar-refractivity contribution in [1.82, 2.24) is 5.32 Å². The molecule has 1 aliphatic carbocycles. The SMILES string of the molecule is COCc1cc(F)ccc1NC(=O)NC(c1ccc2c(c1)OCCO2)C1CC1. The number of methoxy groups -OCH3 is 1. The van der Waals surface area contributed by atoms with Crippen molar-refractivity contribution in [2.45, 2.75) is 25.5 Å². The Bertz CT molecular complexity index is 869. The van der Waals surface area contributed by atoms with Gasteiger partial charge in [0.05, 0.1) is 12.6 Å². The van der Waals surface area contributed by atoms with Crippen LogP contribution in [0.25, 0.3) is 0 Å². The molecular weight excluding hydrogens is 363 g/mol. The Morgan fingerprint density at radius 2 is 1.96 bits per heavy atom. The second-order valence-corrected chi connectivity index (χ2v) is 7.05. The zero-order valence-electron chi connectivity index (χ0n) is 15.7. The number of carbonyl (C=O) groups is 1. The quantitative estimate of drug-likeness (QED) is 0.787. The topological polar surface area (TPSA) is 68.8 Å². The number of carbonyl (C=O) groups excluding carboxylic acids is 1. The van der Waals surface area contributed by atoms with E-state index in [4.69, 9.17) is 14.2 Å². The number of benzene rings is 2. The summed E-state index contributed by atoms with van der Waals surface area (Å²) >= 11 is 0. The van der Waals surface area contributed by atoms with Gasteiger partial charge in [0.2, 0.25) is 0 Å². The molecule has 2 N–H and O–H groups in total. The number of anilines is 1. The van der Waals surface area contributed by atoms with E-state index in [1.807, 2.05) is 18.2 Å². The minimum absolute atomic E-state index is 0.123. The lowest BCUT2D eigenvalue weighted by Gasteiger charge is -2.23. The molecule has 7 heteroatoms. The summed E-state index contributed by atoms with van der Waals surface area (Å²) in [6.45, 7) is 1.27. The van der Waals surface area contributed by atoms with Crippen LogP contribution < -0.4 is 20.1 Å². The molecule has 1 saturated carbocycles. The maximum Gasteiger partial charge on any atom is 0.319 e. The molecule has 0 saturated heterocycles. The van der Waals surface area contributed by atoms with Crippen LogP contribution in [0.1, 0.15) is 30.0 Å². The van der Waals surface area contributed by atoms with Gasteiger partial charge in [0, 0.05) is 18.4 Å². The lowest BCUT2D eigenvalue weighted by atomic mass is 10.0. The summed E-state index contributed by atoms with van der Waals surface area (Å²) in [5.41, 5.74) is 2.09. The van der Waals surface area contributed by atoms with Crippen LogP contribution in [0.2, 0.25) is 0 Å². The number of rotatable bonds is 6. The minimum Gasteiger partial charge on any atom is -0.486 e. The summed E-state index contributed by atoms with van der Waals surface area (Å²) < 4.78 is 29.8. The van der Waals surface area contributed by atoms with Crippen molar-refractivity contribution >= 4 is 11.7 Å². The summed E-state index contributed by atoms with van der Waals surface area (Å²) in [5, 5.41) is 5.87. The van der Waals surface area contributed by atoms with Gasteiger partial charge in [-0.05, 0) is 54.7 Å². The molecule has 2 aromatic rings. The van der Waals surface area contributed by atoms with E-state index in [9.17, 15) is 9.18 Å². The minimum atomic E-state index is -0.370. The molecule has 0 bridgehead atoms. The highest BCUT2D eigenvalue weighted by molar-refractivity contribution is 5.90. The van der Waals surface area contributed by atoms with Gasteiger partial charge < -0.3 is 24.8 Å². The first-order valence-electron chi connectivity index (χ1n) is 9.38. The van der Waals surface area contributed by atoms with Crippen LogP contribution in [0.15, 0.2) is 36.4 Å². The smallest absolute Gasteiger partial charge is 0.319 e. The molecule has 1 atom stereocenters. The molecule has 6 nitrogen and oxygen atoms in total. The number of hydrogen-bond donors (Lipinski definition) is 2. The molecule has 2 aliphatic rings. The van der Waals surface area contributed by atoms with Crippen LogP contribution in [0, 0.1) is 11.7 Å². The van der Waals surface area contributed by atoms with Gasteiger partial charge in [-0.25, -0.2) is 9.18 Å². The lowest BCUT2D eigenvalue weighted by molar-refractivity contribution is 0.171. The Hall–Kier alpha value is -2.80. The predicted octanol–water partition coefficient (Wildman–Crippen LogP) is 4.02. The number of halogens is 1. The van der Waals surface area contributed by atoms with Gasteiger partial charge in [-0.3, -0.25) is 0 Å². The molecule has 0 spiro atoms. The number of urea groups is 1. The zero-order valence-corrected chi connectivity index (χ0v) is 15.7.